The van der Waals surface area contributed by atoms with Crippen LogP contribution in [-0.4, -0.2) is 45.5 Å². The molecule has 0 fully saturated rings. The summed E-state index contributed by atoms with van der Waals surface area (Å²) in [5.74, 6) is 0. The average Bonchev–Trinajstić information content (AvgIpc) is 2.80. The predicted octanol–water partition coefficient (Wildman–Crippen LogP) is 4.84. The number of hydrogen-bond acceptors (Lipinski definition) is 5. The van der Waals surface area contributed by atoms with Gasteiger partial charge in [0.1, 0.15) is 0 Å². The van der Waals surface area contributed by atoms with Crippen molar-refractivity contribution in [1.29, 1.82) is 0 Å². The zero-order valence-corrected chi connectivity index (χ0v) is 23.4. The van der Waals surface area contributed by atoms with E-state index in [-0.39, 0.29) is 0 Å². The van der Waals surface area contributed by atoms with Crippen LogP contribution in [0.25, 0.3) is 0 Å². The zero-order valence-electron chi connectivity index (χ0n) is 20.4. The quantitative estimate of drug-likeness (QED) is 0.142. The van der Waals surface area contributed by atoms with Gasteiger partial charge in [-0.25, -0.2) is 0 Å². The maximum Gasteiger partial charge on any atom is 0.360 e. The molecule has 0 aromatic heterocycles. The summed E-state index contributed by atoms with van der Waals surface area (Å²) in [5.41, 5.74) is 0. The van der Waals surface area contributed by atoms with E-state index in [1.54, 1.807) is 6.08 Å². The smallest absolute Gasteiger partial charge is 0.360 e. The first-order valence-electron chi connectivity index (χ1n) is 11.4. The molecule has 5 nitrogen and oxygen atoms in total. The summed E-state index contributed by atoms with van der Waals surface area (Å²) in [5, 5.41) is 2.16. The van der Waals surface area contributed by atoms with Gasteiger partial charge in [-0.05, 0) is 49.4 Å². The van der Waals surface area contributed by atoms with Crippen LogP contribution in [0.4, 0.5) is 0 Å². The van der Waals surface area contributed by atoms with Gasteiger partial charge in [0.15, 0.2) is 0 Å². The summed E-state index contributed by atoms with van der Waals surface area (Å²) in [4.78, 5) is 0. The first-order chi connectivity index (χ1) is 15.7. The molecule has 2 atom stereocenters. The topological polar surface area (TPSA) is 46.2 Å². The molecule has 0 aliphatic carbocycles. The van der Waals surface area contributed by atoms with Gasteiger partial charge >= 0.3 is 25.7 Å². The number of benzene rings is 2. The second kappa shape index (κ2) is 13.2. The molecule has 2 unspecified atom stereocenters. The molecule has 2 rings (SSSR count). The first kappa shape index (κ1) is 27.5. The van der Waals surface area contributed by atoms with Crippen LogP contribution in [0.2, 0.25) is 26.2 Å². The molecule has 2 aromatic rings. The molecule has 0 amide bonds. The molecule has 0 bridgehead atoms. The van der Waals surface area contributed by atoms with Crippen molar-refractivity contribution in [2.45, 2.75) is 39.0 Å². The maximum atomic E-state index is 6.85. The van der Waals surface area contributed by atoms with Crippen molar-refractivity contribution < 1.29 is 21.8 Å². The first-order valence-corrected chi connectivity index (χ1v) is 18.8. The lowest BCUT2D eigenvalue weighted by atomic mass is 10.3. The van der Waals surface area contributed by atoms with E-state index < -0.39 is 25.7 Å². The number of hydrogen-bond donors (Lipinski definition) is 0. The Hall–Kier alpha value is -1.79. The Morgan fingerprint density at radius 1 is 0.697 bits per heavy atom. The number of unbranched alkanes of at least 4 members (excludes halogenated alkanes) is 1. The Balaban J connectivity index is 2.21. The monoisotopic (exact) mass is 502 g/mol. The fraction of sp³-hybridized carbons (Fsp3) is 0.360. The van der Waals surface area contributed by atoms with E-state index in [0.29, 0.717) is 19.8 Å². The van der Waals surface area contributed by atoms with Gasteiger partial charge in [-0.1, -0.05) is 73.3 Å². The molecule has 0 saturated heterocycles. The van der Waals surface area contributed by atoms with Crippen molar-refractivity contribution in [1.82, 2.24) is 0 Å². The molecular formula is C25H38O5Si3. The molecule has 180 valence electrons. The van der Waals surface area contributed by atoms with Gasteiger partial charge in [0, 0.05) is 6.61 Å². The molecule has 0 aliphatic rings. The van der Waals surface area contributed by atoms with Crippen LogP contribution >= 0.6 is 0 Å². The van der Waals surface area contributed by atoms with Gasteiger partial charge in [-0.2, -0.15) is 0 Å². The normalized spacial score (nSPS) is 15.3. The Labute approximate surface area is 202 Å². The van der Waals surface area contributed by atoms with Crippen LogP contribution in [-0.2, 0) is 21.8 Å². The zero-order chi connectivity index (χ0) is 24.2. The summed E-state index contributed by atoms with van der Waals surface area (Å²) < 4.78 is 31.6. The minimum Gasteiger partial charge on any atom is -0.502 e. The van der Waals surface area contributed by atoms with E-state index in [2.05, 4.69) is 63.6 Å². The molecule has 33 heavy (non-hydrogen) atoms. The molecular weight excluding hydrogens is 465 g/mol. The molecule has 0 heterocycles. The summed E-state index contributed by atoms with van der Waals surface area (Å²) in [7, 11) is -8.14. The molecule has 0 saturated carbocycles. The molecule has 2 aromatic carbocycles. The predicted molar refractivity (Wildman–Crippen MR) is 143 cm³/mol. The van der Waals surface area contributed by atoms with Crippen molar-refractivity contribution in [3.8, 4) is 0 Å². The molecule has 0 radical (unpaired) electrons. The Kier molecular flexibility index (Phi) is 11.0. The maximum absolute atomic E-state index is 6.85. The fourth-order valence-corrected chi connectivity index (χ4v) is 16.0. The highest BCUT2D eigenvalue weighted by Crippen LogP contribution is 2.23. The highest BCUT2D eigenvalue weighted by molar-refractivity contribution is 6.92. The summed E-state index contributed by atoms with van der Waals surface area (Å²) in [6.45, 7) is 17.4. The van der Waals surface area contributed by atoms with Crippen LogP contribution in [0.1, 0.15) is 12.8 Å². The third kappa shape index (κ3) is 8.82. The van der Waals surface area contributed by atoms with Crippen LogP contribution in [0.5, 0.6) is 0 Å². The Morgan fingerprint density at radius 3 is 1.67 bits per heavy atom. The van der Waals surface area contributed by atoms with E-state index in [1.807, 2.05) is 36.4 Å². The lowest BCUT2D eigenvalue weighted by Gasteiger charge is -2.40. The van der Waals surface area contributed by atoms with Crippen molar-refractivity contribution in [3.63, 3.8) is 0 Å². The van der Waals surface area contributed by atoms with Gasteiger partial charge in [-0.3, -0.25) is 0 Å². The number of rotatable bonds is 16. The van der Waals surface area contributed by atoms with Crippen molar-refractivity contribution in [3.05, 3.63) is 86.2 Å². The second-order valence-corrected chi connectivity index (χ2v) is 18.4. The minimum absolute atomic E-state index is 0.429. The van der Waals surface area contributed by atoms with Crippen LogP contribution in [0, 0.1) is 0 Å². The SMILES string of the molecule is C=CCO[Si](C)(O[Si](C)(C)O[Si](C)(OCCCCOC=C)c1ccccc1)c1ccccc1. The van der Waals surface area contributed by atoms with Crippen molar-refractivity contribution >= 4 is 36.1 Å². The Morgan fingerprint density at radius 2 is 1.18 bits per heavy atom. The van der Waals surface area contributed by atoms with Gasteiger partial charge in [0.05, 0.1) is 19.5 Å². The lowest BCUT2D eigenvalue weighted by Crippen LogP contribution is -2.63. The molecule has 0 spiro atoms. The highest BCUT2D eigenvalue weighted by Gasteiger charge is 2.47. The number of ether oxygens (including phenoxy) is 1. The Bertz CT molecular complexity index is 850. The minimum atomic E-state index is -2.74. The van der Waals surface area contributed by atoms with Crippen LogP contribution in [0.3, 0.4) is 0 Å². The third-order valence-corrected chi connectivity index (χ3v) is 16.4. The summed E-state index contributed by atoms with van der Waals surface area (Å²) in [6.07, 6.45) is 5.01. The standard InChI is InChI=1S/C25H38O5Si3/c1-7-21-27-32(5,24-17-11-9-12-18-24)29-31(3,4)30-33(6,25-19-13-10-14-20-25)28-23-16-15-22-26-8-2/h7-14,17-20H,1-2,15-16,21-23H2,3-6H3. The summed E-state index contributed by atoms with van der Waals surface area (Å²) in [6, 6.07) is 20.4. The lowest BCUT2D eigenvalue weighted by molar-refractivity contribution is 0.199. The van der Waals surface area contributed by atoms with Crippen molar-refractivity contribution in [2.24, 2.45) is 0 Å². The molecule has 8 heteroatoms. The van der Waals surface area contributed by atoms with E-state index in [4.69, 9.17) is 21.8 Å². The van der Waals surface area contributed by atoms with Crippen LogP contribution < -0.4 is 10.4 Å². The van der Waals surface area contributed by atoms with E-state index in [9.17, 15) is 0 Å². The van der Waals surface area contributed by atoms with Gasteiger partial charge in [0.25, 0.3) is 0 Å². The molecule has 0 N–H and O–H groups in total. The second-order valence-electron chi connectivity index (χ2n) is 8.42. The van der Waals surface area contributed by atoms with E-state index in [1.165, 1.54) is 6.26 Å². The third-order valence-electron chi connectivity index (χ3n) is 5.11. The summed E-state index contributed by atoms with van der Waals surface area (Å²) >= 11 is 0. The van der Waals surface area contributed by atoms with Gasteiger partial charge in [-0.15, -0.1) is 6.58 Å². The largest absolute Gasteiger partial charge is 0.502 e. The van der Waals surface area contributed by atoms with E-state index in [0.717, 1.165) is 23.2 Å². The fourth-order valence-electron chi connectivity index (χ4n) is 3.64. The highest BCUT2D eigenvalue weighted by atomic mass is 28.5. The van der Waals surface area contributed by atoms with Crippen molar-refractivity contribution in [2.75, 3.05) is 19.8 Å². The molecule has 0 aliphatic heterocycles. The van der Waals surface area contributed by atoms with Crippen LogP contribution in [0.15, 0.2) is 86.2 Å². The van der Waals surface area contributed by atoms with Gasteiger partial charge < -0.3 is 21.8 Å². The van der Waals surface area contributed by atoms with E-state index >= 15 is 0 Å². The van der Waals surface area contributed by atoms with Gasteiger partial charge in [0.2, 0.25) is 0 Å². The average molecular weight is 503 g/mol.